The lowest BCUT2D eigenvalue weighted by Gasteiger charge is -1.94. The summed E-state index contributed by atoms with van der Waals surface area (Å²) in [6, 6.07) is 3.51. The van der Waals surface area contributed by atoms with Gasteiger partial charge in [-0.25, -0.2) is 0 Å². The third-order valence-electron chi connectivity index (χ3n) is 1.07. The molecule has 0 fully saturated rings. The van der Waals surface area contributed by atoms with Gasteiger partial charge in [-0.1, -0.05) is 0 Å². The number of hydrogen-bond donors (Lipinski definition) is 1. The summed E-state index contributed by atoms with van der Waals surface area (Å²) in [6.45, 7) is 0. The quantitative estimate of drug-likeness (QED) is 0.567. The van der Waals surface area contributed by atoms with Crippen LogP contribution in [0.15, 0.2) is 12.1 Å². The molecule has 0 radical (unpaired) electrons. The van der Waals surface area contributed by atoms with E-state index >= 15 is 0 Å². The maximum Gasteiger partial charge on any atom is 0.148 e. The highest BCUT2D eigenvalue weighted by molar-refractivity contribution is 5.35. The van der Waals surface area contributed by atoms with Crippen LogP contribution >= 0.6 is 0 Å². The fourth-order valence-electron chi connectivity index (χ4n) is 0.543. The third kappa shape index (κ3) is 1.23. The first-order chi connectivity index (χ1) is 4.86. The largest absolute Gasteiger partial charge is 0.372 e. The van der Waals surface area contributed by atoms with E-state index in [0.29, 0.717) is 5.69 Å². The average molecular weight is 133 g/mol. The van der Waals surface area contributed by atoms with E-state index in [-0.39, 0.29) is 0 Å². The highest BCUT2D eigenvalue weighted by Gasteiger charge is 1.89. The van der Waals surface area contributed by atoms with Crippen LogP contribution in [0.4, 0.5) is 5.82 Å². The monoisotopic (exact) mass is 133 g/mol. The van der Waals surface area contributed by atoms with Crippen LogP contribution in [0.2, 0.25) is 0 Å². The normalized spacial score (nSPS) is 8.40. The molecule has 0 unspecified atom stereocenters. The van der Waals surface area contributed by atoms with Gasteiger partial charge in [0.15, 0.2) is 0 Å². The summed E-state index contributed by atoms with van der Waals surface area (Å²) < 4.78 is 0. The van der Waals surface area contributed by atoms with E-state index in [4.69, 9.17) is 6.42 Å². The Bertz CT molecular complexity index is 245. The number of aromatic nitrogens is 2. The summed E-state index contributed by atoms with van der Waals surface area (Å²) in [5.74, 6) is 3.10. The van der Waals surface area contributed by atoms with E-state index in [1.54, 1.807) is 19.2 Å². The van der Waals surface area contributed by atoms with Crippen molar-refractivity contribution in [3.63, 3.8) is 0 Å². The minimum Gasteiger partial charge on any atom is -0.372 e. The van der Waals surface area contributed by atoms with Gasteiger partial charge in [0.2, 0.25) is 0 Å². The molecule has 1 N–H and O–H groups in total. The Labute approximate surface area is 59.5 Å². The summed E-state index contributed by atoms with van der Waals surface area (Å²) in [7, 11) is 1.78. The van der Waals surface area contributed by atoms with Crippen molar-refractivity contribution in [3.05, 3.63) is 17.8 Å². The lowest BCUT2D eigenvalue weighted by molar-refractivity contribution is 1.01. The predicted molar refractivity (Wildman–Crippen MR) is 39.5 cm³/mol. The fraction of sp³-hybridized carbons (Fsp3) is 0.143. The molecule has 1 aromatic rings. The molecule has 0 bridgehead atoms. The molecule has 1 heterocycles. The Hall–Kier alpha value is -1.56. The Kier molecular flexibility index (Phi) is 1.86. The molecular formula is C7H7N3. The highest BCUT2D eigenvalue weighted by atomic mass is 15.2. The van der Waals surface area contributed by atoms with Crippen molar-refractivity contribution in [2.45, 2.75) is 0 Å². The molecular weight excluding hydrogens is 126 g/mol. The van der Waals surface area contributed by atoms with Gasteiger partial charge in [-0.2, -0.15) is 0 Å². The number of terminal acetylenes is 1. The maximum absolute atomic E-state index is 5.07. The SMILES string of the molecule is C#Cc1ccc(NC)nn1. The van der Waals surface area contributed by atoms with Gasteiger partial charge in [0.1, 0.15) is 11.5 Å². The molecule has 50 valence electrons. The molecule has 10 heavy (non-hydrogen) atoms. The minimum atomic E-state index is 0.555. The Morgan fingerprint density at radius 1 is 1.50 bits per heavy atom. The van der Waals surface area contributed by atoms with Crippen LogP contribution in [0.25, 0.3) is 0 Å². The first kappa shape index (κ1) is 6.56. The average Bonchev–Trinajstić information content (AvgIpc) is 2.05. The van der Waals surface area contributed by atoms with E-state index in [2.05, 4.69) is 21.4 Å². The summed E-state index contributed by atoms with van der Waals surface area (Å²) in [4.78, 5) is 0. The van der Waals surface area contributed by atoms with Gasteiger partial charge < -0.3 is 5.32 Å². The van der Waals surface area contributed by atoms with Crippen molar-refractivity contribution in [2.24, 2.45) is 0 Å². The van der Waals surface area contributed by atoms with Crippen LogP contribution in [-0.4, -0.2) is 17.2 Å². The summed E-state index contributed by atoms with van der Waals surface area (Å²) in [5, 5.41) is 10.3. The predicted octanol–water partition coefficient (Wildman–Crippen LogP) is 0.500. The number of hydrogen-bond acceptors (Lipinski definition) is 3. The number of nitrogens with one attached hydrogen (secondary N) is 1. The summed E-state index contributed by atoms with van der Waals surface area (Å²) in [5.41, 5.74) is 0.555. The van der Waals surface area contributed by atoms with Gasteiger partial charge in [-0.3, -0.25) is 0 Å². The van der Waals surface area contributed by atoms with Gasteiger partial charge in [-0.05, 0) is 18.1 Å². The lowest BCUT2D eigenvalue weighted by Crippen LogP contribution is -1.94. The van der Waals surface area contributed by atoms with Crippen LogP contribution in [-0.2, 0) is 0 Å². The van der Waals surface area contributed by atoms with E-state index in [0.717, 1.165) is 5.82 Å². The third-order valence-corrected chi connectivity index (χ3v) is 1.07. The molecule has 0 spiro atoms. The van der Waals surface area contributed by atoms with Crippen LogP contribution in [0.3, 0.4) is 0 Å². The fourth-order valence-corrected chi connectivity index (χ4v) is 0.543. The molecule has 1 rings (SSSR count). The Morgan fingerprint density at radius 3 is 2.70 bits per heavy atom. The van der Waals surface area contributed by atoms with E-state index in [1.165, 1.54) is 0 Å². The zero-order valence-corrected chi connectivity index (χ0v) is 5.63. The van der Waals surface area contributed by atoms with Crippen molar-refractivity contribution in [3.8, 4) is 12.3 Å². The Balaban J connectivity index is 2.93. The molecule has 0 aromatic carbocycles. The number of nitrogens with zero attached hydrogens (tertiary/aromatic N) is 2. The molecule has 0 saturated heterocycles. The smallest absolute Gasteiger partial charge is 0.148 e. The first-order valence-electron chi connectivity index (χ1n) is 2.85. The first-order valence-corrected chi connectivity index (χ1v) is 2.85. The van der Waals surface area contributed by atoms with Crippen molar-refractivity contribution < 1.29 is 0 Å². The minimum absolute atomic E-state index is 0.555. The number of anilines is 1. The zero-order chi connectivity index (χ0) is 7.40. The molecule has 0 aliphatic heterocycles. The molecule has 3 nitrogen and oxygen atoms in total. The topological polar surface area (TPSA) is 37.8 Å². The molecule has 3 heteroatoms. The second-order valence-electron chi connectivity index (χ2n) is 1.70. The highest BCUT2D eigenvalue weighted by Crippen LogP contribution is 1.97. The van der Waals surface area contributed by atoms with Gasteiger partial charge in [0.25, 0.3) is 0 Å². The second kappa shape index (κ2) is 2.83. The van der Waals surface area contributed by atoms with Crippen molar-refractivity contribution in [1.29, 1.82) is 0 Å². The van der Waals surface area contributed by atoms with Gasteiger partial charge >= 0.3 is 0 Å². The summed E-state index contributed by atoms with van der Waals surface area (Å²) in [6.07, 6.45) is 5.07. The van der Waals surface area contributed by atoms with E-state index < -0.39 is 0 Å². The van der Waals surface area contributed by atoms with Crippen LogP contribution in [0, 0.1) is 12.3 Å². The molecule has 1 aromatic heterocycles. The van der Waals surface area contributed by atoms with Gasteiger partial charge in [0.05, 0.1) is 0 Å². The van der Waals surface area contributed by atoms with Crippen molar-refractivity contribution in [2.75, 3.05) is 12.4 Å². The van der Waals surface area contributed by atoms with Gasteiger partial charge in [0, 0.05) is 7.05 Å². The molecule has 0 saturated carbocycles. The zero-order valence-electron chi connectivity index (χ0n) is 5.63. The lowest BCUT2D eigenvalue weighted by atomic mass is 10.4. The van der Waals surface area contributed by atoms with Crippen LogP contribution < -0.4 is 5.32 Å². The molecule has 0 aliphatic carbocycles. The molecule has 0 amide bonds. The molecule has 0 aliphatic rings. The maximum atomic E-state index is 5.07. The number of rotatable bonds is 1. The summed E-state index contributed by atoms with van der Waals surface area (Å²) >= 11 is 0. The molecule has 0 atom stereocenters. The standard InChI is InChI=1S/C7H7N3/c1-3-6-4-5-7(8-2)10-9-6/h1,4-5H,2H3,(H,8,10). The van der Waals surface area contributed by atoms with Crippen molar-refractivity contribution in [1.82, 2.24) is 10.2 Å². The van der Waals surface area contributed by atoms with E-state index in [1.807, 2.05) is 0 Å². The second-order valence-corrected chi connectivity index (χ2v) is 1.70. The van der Waals surface area contributed by atoms with Gasteiger partial charge in [-0.15, -0.1) is 16.6 Å². The van der Waals surface area contributed by atoms with E-state index in [9.17, 15) is 0 Å². The van der Waals surface area contributed by atoms with Crippen LogP contribution in [0.1, 0.15) is 5.69 Å². The van der Waals surface area contributed by atoms with Crippen LogP contribution in [0.5, 0.6) is 0 Å². The van der Waals surface area contributed by atoms with Crippen molar-refractivity contribution >= 4 is 5.82 Å². The Morgan fingerprint density at radius 2 is 2.30 bits per heavy atom.